The number of guanidine groups is 1. The van der Waals surface area contributed by atoms with Gasteiger partial charge in [-0.2, -0.15) is 0 Å². The van der Waals surface area contributed by atoms with Crippen molar-refractivity contribution in [1.82, 2.24) is 15.5 Å². The van der Waals surface area contributed by atoms with Crippen LogP contribution in [0.15, 0.2) is 29.3 Å². The zero-order valence-electron chi connectivity index (χ0n) is 14.4. The zero-order valence-corrected chi connectivity index (χ0v) is 15.2. The first-order valence-corrected chi connectivity index (χ1v) is 8.47. The number of hydrogen-bond acceptors (Lipinski definition) is 3. The van der Waals surface area contributed by atoms with Gasteiger partial charge in [-0.05, 0) is 44.6 Å². The molecule has 0 fully saturated rings. The number of nitrogens with zero attached hydrogens (tertiary/aromatic N) is 2. The largest absolute Gasteiger partial charge is 0.383 e. The first kappa shape index (κ1) is 19.7. The van der Waals surface area contributed by atoms with Crippen molar-refractivity contribution in [3.8, 4) is 0 Å². The van der Waals surface area contributed by atoms with E-state index >= 15 is 0 Å². The van der Waals surface area contributed by atoms with Gasteiger partial charge in [0.05, 0.1) is 13.2 Å². The molecule has 0 amide bonds. The average Bonchev–Trinajstić information content (AvgIpc) is 2.54. The van der Waals surface area contributed by atoms with Crippen molar-refractivity contribution < 1.29 is 4.74 Å². The maximum Gasteiger partial charge on any atom is 0.191 e. The molecule has 1 aromatic carbocycles. The molecule has 6 heteroatoms. The lowest BCUT2D eigenvalue weighted by Crippen LogP contribution is -2.38. The van der Waals surface area contributed by atoms with Crippen molar-refractivity contribution in [2.24, 2.45) is 4.99 Å². The topological polar surface area (TPSA) is 48.9 Å². The van der Waals surface area contributed by atoms with E-state index in [2.05, 4.69) is 34.5 Å². The summed E-state index contributed by atoms with van der Waals surface area (Å²) in [4.78, 5) is 6.86. The van der Waals surface area contributed by atoms with E-state index in [1.165, 1.54) is 0 Å². The number of hydrogen-bond donors (Lipinski definition) is 2. The van der Waals surface area contributed by atoms with Crippen LogP contribution < -0.4 is 10.6 Å². The van der Waals surface area contributed by atoms with Crippen molar-refractivity contribution in [3.63, 3.8) is 0 Å². The van der Waals surface area contributed by atoms with Crippen molar-refractivity contribution in [1.29, 1.82) is 0 Å². The number of methoxy groups -OCH3 is 1. The highest BCUT2D eigenvalue weighted by Crippen LogP contribution is 2.11. The predicted octanol–water partition coefficient (Wildman–Crippen LogP) is 2.36. The Morgan fingerprint density at radius 1 is 1.30 bits per heavy atom. The molecule has 0 bridgehead atoms. The third-order valence-corrected chi connectivity index (χ3v) is 3.57. The Bertz CT molecular complexity index is 468. The lowest BCUT2D eigenvalue weighted by Gasteiger charge is -2.17. The van der Waals surface area contributed by atoms with E-state index in [4.69, 9.17) is 16.3 Å². The lowest BCUT2D eigenvalue weighted by molar-refractivity contribution is 0.161. The summed E-state index contributed by atoms with van der Waals surface area (Å²) >= 11 is 6.00. The van der Waals surface area contributed by atoms with Crippen LogP contribution in [0.25, 0.3) is 0 Å². The molecule has 2 N–H and O–H groups in total. The summed E-state index contributed by atoms with van der Waals surface area (Å²) in [6.45, 7) is 7.17. The number of rotatable bonds is 10. The molecule has 1 rings (SSSR count). The van der Waals surface area contributed by atoms with Gasteiger partial charge in [0.1, 0.15) is 0 Å². The molecule has 23 heavy (non-hydrogen) atoms. The van der Waals surface area contributed by atoms with Gasteiger partial charge in [0, 0.05) is 31.8 Å². The fraction of sp³-hybridized carbons (Fsp3) is 0.588. The second-order valence-corrected chi connectivity index (χ2v) is 5.84. The Kier molecular flexibility index (Phi) is 10.4. The fourth-order valence-electron chi connectivity index (χ4n) is 2.06. The van der Waals surface area contributed by atoms with E-state index in [0.717, 1.165) is 55.8 Å². The summed E-state index contributed by atoms with van der Waals surface area (Å²) in [5.41, 5.74) is 1.11. The van der Waals surface area contributed by atoms with Gasteiger partial charge in [-0.15, -0.1) is 0 Å². The van der Waals surface area contributed by atoms with Crippen molar-refractivity contribution in [2.75, 3.05) is 46.9 Å². The Morgan fingerprint density at radius 2 is 2.13 bits per heavy atom. The molecule has 130 valence electrons. The van der Waals surface area contributed by atoms with Crippen LogP contribution in [0, 0.1) is 0 Å². The molecule has 0 radical (unpaired) electrons. The third kappa shape index (κ3) is 9.43. The van der Waals surface area contributed by atoms with Crippen molar-refractivity contribution >= 4 is 17.6 Å². The van der Waals surface area contributed by atoms with Crippen LogP contribution in [0.5, 0.6) is 0 Å². The lowest BCUT2D eigenvalue weighted by atomic mass is 10.2. The zero-order chi connectivity index (χ0) is 16.9. The molecule has 0 spiro atoms. The van der Waals surface area contributed by atoms with E-state index in [1.807, 2.05) is 24.3 Å². The van der Waals surface area contributed by atoms with Gasteiger partial charge < -0.3 is 20.3 Å². The highest BCUT2D eigenvalue weighted by Gasteiger charge is 2.00. The number of aliphatic imine (C=N–C) groups is 1. The normalized spacial score (nSPS) is 11.8. The summed E-state index contributed by atoms with van der Waals surface area (Å²) in [6.07, 6.45) is 1.06. The molecule has 0 aliphatic heterocycles. The smallest absolute Gasteiger partial charge is 0.191 e. The maximum atomic E-state index is 6.00. The first-order valence-electron chi connectivity index (χ1n) is 8.09. The van der Waals surface area contributed by atoms with Crippen molar-refractivity contribution in [2.45, 2.75) is 19.9 Å². The summed E-state index contributed by atoms with van der Waals surface area (Å²) in [5.74, 6) is 0.840. The van der Waals surface area contributed by atoms with Gasteiger partial charge in [-0.3, -0.25) is 0 Å². The van der Waals surface area contributed by atoms with Crippen LogP contribution in [0.3, 0.4) is 0 Å². The van der Waals surface area contributed by atoms with Gasteiger partial charge in [-0.25, -0.2) is 4.99 Å². The Labute approximate surface area is 145 Å². The summed E-state index contributed by atoms with van der Waals surface area (Å²) < 4.78 is 5.08. The van der Waals surface area contributed by atoms with Gasteiger partial charge in [0.2, 0.25) is 0 Å². The number of likely N-dealkylation sites (N-methyl/N-ethyl adjacent to an activating group) is 1. The van der Waals surface area contributed by atoms with Crippen molar-refractivity contribution in [3.05, 3.63) is 34.9 Å². The molecule has 0 aliphatic rings. The maximum absolute atomic E-state index is 6.00. The second-order valence-electron chi connectivity index (χ2n) is 5.40. The molecular weight excluding hydrogens is 312 g/mol. The fourth-order valence-corrected chi connectivity index (χ4v) is 2.27. The van der Waals surface area contributed by atoms with Crippen LogP contribution >= 0.6 is 11.6 Å². The molecular formula is C17H29ClN4O. The van der Waals surface area contributed by atoms with Crippen LogP contribution in [0.2, 0.25) is 5.02 Å². The molecule has 0 saturated heterocycles. The van der Waals surface area contributed by atoms with Gasteiger partial charge in [0.25, 0.3) is 0 Å². The molecule has 0 saturated carbocycles. The van der Waals surface area contributed by atoms with Gasteiger partial charge in [-0.1, -0.05) is 23.7 Å². The standard InChI is InChI=1S/C17H29ClN4O/c1-4-19-17(20-9-6-10-22(2)11-12-23-3)21-14-15-7-5-8-16(18)13-15/h5,7-8,13H,4,6,9-12,14H2,1-3H3,(H2,19,20,21). The SMILES string of the molecule is CCNC(=NCc1cccc(Cl)c1)NCCCN(C)CCOC. The van der Waals surface area contributed by atoms with E-state index in [0.29, 0.717) is 6.54 Å². The molecule has 0 atom stereocenters. The van der Waals surface area contributed by atoms with Gasteiger partial charge in [0.15, 0.2) is 5.96 Å². The third-order valence-electron chi connectivity index (χ3n) is 3.34. The van der Waals surface area contributed by atoms with Crippen LogP contribution in [0.4, 0.5) is 0 Å². The van der Waals surface area contributed by atoms with Crippen LogP contribution in [-0.2, 0) is 11.3 Å². The number of halogens is 1. The first-order chi connectivity index (χ1) is 11.2. The number of ether oxygens (including phenoxy) is 1. The molecule has 0 aliphatic carbocycles. The highest BCUT2D eigenvalue weighted by molar-refractivity contribution is 6.30. The minimum Gasteiger partial charge on any atom is -0.383 e. The number of benzene rings is 1. The monoisotopic (exact) mass is 340 g/mol. The molecule has 0 aromatic heterocycles. The Morgan fingerprint density at radius 3 is 2.83 bits per heavy atom. The molecule has 0 unspecified atom stereocenters. The van der Waals surface area contributed by atoms with Crippen LogP contribution in [-0.4, -0.2) is 57.8 Å². The molecule has 1 aromatic rings. The summed E-state index contributed by atoms with van der Waals surface area (Å²) in [6, 6.07) is 7.80. The van der Waals surface area contributed by atoms with E-state index in [-0.39, 0.29) is 0 Å². The molecule has 5 nitrogen and oxygen atoms in total. The summed E-state index contributed by atoms with van der Waals surface area (Å²) in [7, 11) is 3.84. The van der Waals surface area contributed by atoms with Gasteiger partial charge >= 0.3 is 0 Å². The predicted molar refractivity (Wildman–Crippen MR) is 98.3 cm³/mol. The minimum atomic E-state index is 0.615. The Hall–Kier alpha value is -1.30. The minimum absolute atomic E-state index is 0.615. The summed E-state index contributed by atoms with van der Waals surface area (Å²) in [5, 5.41) is 7.37. The Balaban J connectivity index is 2.35. The number of nitrogens with one attached hydrogen (secondary N) is 2. The average molecular weight is 341 g/mol. The second kappa shape index (κ2) is 12.2. The van der Waals surface area contributed by atoms with E-state index < -0.39 is 0 Å². The molecule has 0 heterocycles. The van der Waals surface area contributed by atoms with E-state index in [1.54, 1.807) is 7.11 Å². The van der Waals surface area contributed by atoms with Crippen LogP contribution in [0.1, 0.15) is 18.9 Å². The van der Waals surface area contributed by atoms with E-state index in [9.17, 15) is 0 Å². The quantitative estimate of drug-likeness (QED) is 0.390. The highest BCUT2D eigenvalue weighted by atomic mass is 35.5.